The van der Waals surface area contributed by atoms with Crippen LogP contribution in [0, 0.1) is 0 Å². The summed E-state index contributed by atoms with van der Waals surface area (Å²) in [5.74, 6) is -3.80. The van der Waals surface area contributed by atoms with Gasteiger partial charge in [-0.05, 0) is 30.3 Å². The first-order valence-corrected chi connectivity index (χ1v) is 20.8. The van der Waals surface area contributed by atoms with E-state index < -0.39 is 47.9 Å². The minimum absolute atomic E-state index is 0.113. The first kappa shape index (κ1) is 47.8. The van der Waals surface area contributed by atoms with Gasteiger partial charge in [0.1, 0.15) is 28.5 Å². The van der Waals surface area contributed by atoms with Crippen LogP contribution in [0.4, 0.5) is 28.4 Å². The second-order valence-electron chi connectivity index (χ2n) is 16.0. The Kier molecular flexibility index (Phi) is 14.9. The van der Waals surface area contributed by atoms with E-state index in [2.05, 4.69) is 52.5 Å². The zero-order valence-electron chi connectivity index (χ0n) is 37.9. The minimum Gasteiger partial charge on any atom is -0.355 e. The van der Waals surface area contributed by atoms with E-state index in [0.717, 1.165) is 13.0 Å². The van der Waals surface area contributed by atoms with Crippen LogP contribution in [0.3, 0.4) is 0 Å². The number of anilines is 5. The minimum atomic E-state index is -0.593. The van der Waals surface area contributed by atoms with Crippen LogP contribution in [0.5, 0.6) is 0 Å². The number of carbonyl (C=O) groups is 8. The second kappa shape index (κ2) is 20.9. The number of hydrogen-bond acceptors (Lipinski definition) is 9. The van der Waals surface area contributed by atoms with Gasteiger partial charge in [-0.15, -0.1) is 0 Å². The van der Waals surface area contributed by atoms with Crippen LogP contribution >= 0.6 is 0 Å². The van der Waals surface area contributed by atoms with Gasteiger partial charge in [0.25, 0.3) is 35.4 Å². The Labute approximate surface area is 383 Å². The fourth-order valence-electron chi connectivity index (χ4n) is 6.83. The smallest absolute Gasteiger partial charge is 0.291 e. The number of carbonyl (C=O) groups excluding carboxylic acids is 8. The number of aryl methyl sites for hydroxylation is 5. The highest BCUT2D eigenvalue weighted by atomic mass is 16.2. The summed E-state index contributed by atoms with van der Waals surface area (Å²) in [7, 11) is 12.2. The lowest BCUT2D eigenvalue weighted by Crippen LogP contribution is -3.05. The molecule has 0 bridgehead atoms. The third-order valence-corrected chi connectivity index (χ3v) is 10.2. The Bertz CT molecular complexity index is 2850. The third-order valence-electron chi connectivity index (χ3n) is 10.2. The van der Waals surface area contributed by atoms with E-state index in [1.807, 2.05) is 14.1 Å². The molecule has 0 radical (unpaired) electrons. The number of quaternary nitrogens is 1. The molecule has 0 aliphatic carbocycles. The molecule has 0 unspecified atom stereocenters. The van der Waals surface area contributed by atoms with Gasteiger partial charge in [0.2, 0.25) is 11.8 Å². The monoisotopic (exact) mass is 921 g/mol. The summed E-state index contributed by atoms with van der Waals surface area (Å²) in [6, 6.07) is 7.28. The van der Waals surface area contributed by atoms with Gasteiger partial charge in [0.15, 0.2) is 5.82 Å². The maximum atomic E-state index is 13.2. The van der Waals surface area contributed by atoms with Gasteiger partial charge in [0, 0.05) is 91.6 Å². The largest absolute Gasteiger partial charge is 0.355 e. The van der Waals surface area contributed by atoms with Crippen molar-refractivity contribution < 1.29 is 43.3 Å². The quantitative estimate of drug-likeness (QED) is 0.0484. The van der Waals surface area contributed by atoms with Gasteiger partial charge in [-0.1, -0.05) is 0 Å². The Morgan fingerprint density at radius 2 is 0.970 bits per heavy atom. The average Bonchev–Trinajstić information content (AvgIpc) is 4.14. The highest BCUT2D eigenvalue weighted by molar-refractivity contribution is 6.09. The molecule has 10 N–H and O–H groups in total. The van der Waals surface area contributed by atoms with Crippen molar-refractivity contribution in [1.29, 1.82) is 0 Å². The molecule has 0 aromatic carbocycles. The highest BCUT2D eigenvalue weighted by Crippen LogP contribution is 2.20. The van der Waals surface area contributed by atoms with E-state index in [0.29, 0.717) is 23.6 Å². The summed E-state index contributed by atoms with van der Waals surface area (Å²) in [6.45, 7) is 0.794. The highest BCUT2D eigenvalue weighted by Gasteiger charge is 2.21. The molecule has 0 aliphatic heterocycles. The van der Waals surface area contributed by atoms with Crippen molar-refractivity contribution in [2.24, 2.45) is 35.2 Å². The number of aromatic amines is 1. The van der Waals surface area contributed by atoms with Gasteiger partial charge in [0.05, 0.1) is 62.2 Å². The number of aromatic nitrogens is 7. The molecule has 6 aromatic heterocycles. The van der Waals surface area contributed by atoms with Crippen LogP contribution in [-0.2, 0) is 44.8 Å². The molecule has 0 saturated heterocycles. The van der Waals surface area contributed by atoms with Gasteiger partial charge < -0.3 is 75.3 Å². The molecule has 6 heterocycles. The lowest BCUT2D eigenvalue weighted by Gasteiger charge is -2.09. The van der Waals surface area contributed by atoms with Crippen LogP contribution < -0.4 is 47.4 Å². The first-order valence-electron chi connectivity index (χ1n) is 20.8. The first-order chi connectivity index (χ1) is 31.8. The predicted molar refractivity (Wildman–Crippen MR) is 246 cm³/mol. The fraction of sp³-hybridized carbons (Fsp3) is 0.279. The summed E-state index contributed by atoms with van der Waals surface area (Å²) in [4.78, 5) is 111. The number of H-pyrrole nitrogens is 1. The lowest BCUT2D eigenvalue weighted by atomic mass is 10.3. The molecule has 24 heteroatoms. The maximum Gasteiger partial charge on any atom is 0.291 e. The summed E-state index contributed by atoms with van der Waals surface area (Å²) >= 11 is 0. The number of nitrogens with zero attached hydrogens (tertiary/aromatic N) is 6. The Morgan fingerprint density at radius 1 is 0.522 bits per heavy atom. The number of imidazole rings is 1. The lowest BCUT2D eigenvalue weighted by molar-refractivity contribution is -0.858. The van der Waals surface area contributed by atoms with Crippen molar-refractivity contribution in [3.8, 4) is 0 Å². The van der Waals surface area contributed by atoms with Crippen LogP contribution in [0.2, 0.25) is 0 Å². The number of rotatable bonds is 19. The van der Waals surface area contributed by atoms with Crippen LogP contribution in [0.15, 0.2) is 73.7 Å². The van der Waals surface area contributed by atoms with Crippen molar-refractivity contribution in [2.45, 2.75) is 6.42 Å². The topological polar surface area (TPSA) is 291 Å². The number of hydrogen-bond donors (Lipinski definition) is 10. The van der Waals surface area contributed by atoms with Crippen molar-refractivity contribution in [3.63, 3.8) is 0 Å². The molecule has 8 amide bonds. The molecule has 67 heavy (non-hydrogen) atoms. The molecule has 6 rings (SSSR count). The number of nitrogens with one attached hydrogen (secondary N) is 10. The maximum absolute atomic E-state index is 13.2. The molecular formula is C43H53N16O8+. The summed E-state index contributed by atoms with van der Waals surface area (Å²) in [5, 5.41) is 21.4. The summed E-state index contributed by atoms with van der Waals surface area (Å²) in [6.07, 6.45) is 11.5. The zero-order chi connectivity index (χ0) is 48.5. The van der Waals surface area contributed by atoms with E-state index in [9.17, 15) is 38.4 Å². The Balaban J connectivity index is 0.946. The second-order valence-corrected chi connectivity index (χ2v) is 16.0. The standard InChI is InChI=1S/C43H52N16O8/c1-54(2)11-8-9-44-35(60)19-47-39(63)31-15-27(22-56(31)4)51-38(62)30-13-25(18-46-30)50-41(65)33-14-26(21-58(33)6)49-36(61)20-48-40(64)32-16-28(23-57(32)5)52-42(66)34-17-29(24-59(34)7)53-43(67)37-45-10-12-55(37)3/h10,12-18,21-24,46H,8-9,11,19-20H2,1-7H3,(H,44,60)(H,47,63)(H,48,64)(H,49,61)(H,50,65)(H,51,62)(H,52,66)(H,53,67)/p+1. The summed E-state index contributed by atoms with van der Waals surface area (Å²) in [5.41, 5.74) is 2.47. The average molecular weight is 922 g/mol. The summed E-state index contributed by atoms with van der Waals surface area (Å²) < 4.78 is 7.59. The van der Waals surface area contributed by atoms with Crippen molar-refractivity contribution in [3.05, 3.63) is 108 Å². The van der Waals surface area contributed by atoms with Crippen LogP contribution in [-0.4, -0.2) is 120 Å². The number of amides is 8. The van der Waals surface area contributed by atoms with E-state index >= 15 is 0 Å². The fourth-order valence-corrected chi connectivity index (χ4v) is 6.83. The molecular weight excluding hydrogens is 869 g/mol. The van der Waals surface area contributed by atoms with Crippen LogP contribution in [0.25, 0.3) is 0 Å². The van der Waals surface area contributed by atoms with E-state index in [-0.39, 0.29) is 58.1 Å². The molecule has 24 nitrogen and oxygen atoms in total. The normalized spacial score (nSPS) is 10.9. The zero-order valence-corrected chi connectivity index (χ0v) is 37.9. The molecule has 0 atom stereocenters. The molecule has 352 valence electrons. The van der Waals surface area contributed by atoms with Gasteiger partial charge in [-0.3, -0.25) is 38.4 Å². The molecule has 0 saturated carbocycles. The van der Waals surface area contributed by atoms with Crippen molar-refractivity contribution >= 4 is 75.7 Å². The van der Waals surface area contributed by atoms with E-state index in [1.54, 1.807) is 58.4 Å². The van der Waals surface area contributed by atoms with E-state index in [4.69, 9.17) is 0 Å². The van der Waals surface area contributed by atoms with Crippen molar-refractivity contribution in [1.82, 2.24) is 48.8 Å². The van der Waals surface area contributed by atoms with Crippen molar-refractivity contribution in [2.75, 3.05) is 66.9 Å². The van der Waals surface area contributed by atoms with Gasteiger partial charge in [-0.2, -0.15) is 0 Å². The van der Waals surface area contributed by atoms with Crippen LogP contribution in [0.1, 0.15) is 69.5 Å². The third kappa shape index (κ3) is 12.3. The van der Waals surface area contributed by atoms with Gasteiger partial charge >= 0.3 is 0 Å². The Morgan fingerprint density at radius 3 is 1.46 bits per heavy atom. The van der Waals surface area contributed by atoms with E-state index in [1.165, 1.54) is 78.3 Å². The molecule has 6 aromatic rings. The molecule has 0 aliphatic rings. The molecule has 0 spiro atoms. The van der Waals surface area contributed by atoms with Gasteiger partial charge in [-0.25, -0.2) is 4.98 Å². The Hall–Kier alpha value is -8.67. The SMILES string of the molecule is Cn1cc(NC(=O)c2cc(NC(=O)c3cc(NC(=O)CNC(=O)c4cc(NC(=O)c5cc(NC(=O)c6nccn6C)cn5C)cn4C)cn3C)c[nH]2)cc1C(=O)NCC(=O)NCCC[NH+](C)C. The molecule has 0 fully saturated rings. The predicted octanol–water partition coefficient (Wildman–Crippen LogP) is -0.139.